The zero-order valence-electron chi connectivity index (χ0n) is 14.4. The Balaban J connectivity index is 1.72. The summed E-state index contributed by atoms with van der Waals surface area (Å²) in [6, 6.07) is 18.6. The van der Waals surface area contributed by atoms with Gasteiger partial charge < -0.3 is 5.01 Å². The topological polar surface area (TPSA) is 43.2 Å². The standard InChI is InChI=1S/C21H19BrN4/c22-21-10-7-16(14-24-21)15-25-11-3-4-12-26(25)20-9-8-17(13-23)18-5-1-2-6-19(18)20/h1-2,5-10,14H,3-4,11-12,15H2. The van der Waals surface area contributed by atoms with Crippen LogP contribution >= 0.6 is 15.9 Å². The molecule has 0 atom stereocenters. The molecule has 1 fully saturated rings. The van der Waals surface area contributed by atoms with Gasteiger partial charge in [-0.2, -0.15) is 5.26 Å². The molecule has 1 aliphatic rings. The lowest BCUT2D eigenvalue weighted by molar-refractivity contribution is 0.204. The van der Waals surface area contributed by atoms with E-state index < -0.39 is 0 Å². The Hall–Kier alpha value is -2.42. The van der Waals surface area contributed by atoms with Crippen LogP contribution in [0.25, 0.3) is 10.8 Å². The number of halogens is 1. The first-order valence-corrected chi connectivity index (χ1v) is 9.60. The van der Waals surface area contributed by atoms with Crippen molar-refractivity contribution in [1.82, 2.24) is 9.99 Å². The van der Waals surface area contributed by atoms with Crippen molar-refractivity contribution in [3.05, 3.63) is 70.5 Å². The fraction of sp³-hybridized carbons (Fsp3) is 0.238. The maximum absolute atomic E-state index is 9.42. The van der Waals surface area contributed by atoms with Crippen molar-refractivity contribution in [2.75, 3.05) is 18.1 Å². The van der Waals surface area contributed by atoms with E-state index in [4.69, 9.17) is 0 Å². The van der Waals surface area contributed by atoms with Gasteiger partial charge in [-0.3, -0.25) is 0 Å². The van der Waals surface area contributed by atoms with E-state index in [9.17, 15) is 5.26 Å². The molecule has 0 N–H and O–H groups in total. The van der Waals surface area contributed by atoms with Crippen molar-refractivity contribution < 1.29 is 0 Å². The molecule has 0 aliphatic carbocycles. The van der Waals surface area contributed by atoms with E-state index in [0.29, 0.717) is 0 Å². The third-order valence-corrected chi connectivity index (χ3v) is 5.30. The largest absolute Gasteiger partial charge is 0.305 e. The summed E-state index contributed by atoms with van der Waals surface area (Å²) in [5.74, 6) is 0. The van der Waals surface area contributed by atoms with Crippen molar-refractivity contribution in [1.29, 1.82) is 5.26 Å². The van der Waals surface area contributed by atoms with Crippen LogP contribution < -0.4 is 5.01 Å². The lowest BCUT2D eigenvalue weighted by atomic mass is 10.0. The number of nitriles is 1. The van der Waals surface area contributed by atoms with Crippen molar-refractivity contribution in [2.24, 2.45) is 0 Å². The highest BCUT2D eigenvalue weighted by Crippen LogP contribution is 2.32. The molecule has 26 heavy (non-hydrogen) atoms. The van der Waals surface area contributed by atoms with E-state index in [-0.39, 0.29) is 0 Å². The van der Waals surface area contributed by atoms with Crippen LogP contribution in [0.5, 0.6) is 0 Å². The van der Waals surface area contributed by atoms with Crippen LogP contribution in [0.15, 0.2) is 59.3 Å². The minimum Gasteiger partial charge on any atom is -0.305 e. The van der Waals surface area contributed by atoms with Gasteiger partial charge in [0.05, 0.1) is 17.3 Å². The van der Waals surface area contributed by atoms with Crippen LogP contribution in [0.3, 0.4) is 0 Å². The lowest BCUT2D eigenvalue weighted by Gasteiger charge is -2.41. The highest BCUT2D eigenvalue weighted by molar-refractivity contribution is 9.10. The van der Waals surface area contributed by atoms with E-state index >= 15 is 0 Å². The molecule has 0 amide bonds. The van der Waals surface area contributed by atoms with Crippen LogP contribution in [0.1, 0.15) is 24.0 Å². The third-order valence-electron chi connectivity index (χ3n) is 4.83. The quantitative estimate of drug-likeness (QED) is 0.580. The Bertz CT molecular complexity index is 962. The summed E-state index contributed by atoms with van der Waals surface area (Å²) >= 11 is 3.40. The second-order valence-electron chi connectivity index (χ2n) is 6.50. The van der Waals surface area contributed by atoms with Gasteiger partial charge in [0.2, 0.25) is 0 Å². The minimum atomic E-state index is 0.727. The number of hydrogen-bond acceptors (Lipinski definition) is 4. The van der Waals surface area contributed by atoms with Crippen molar-refractivity contribution in [3.63, 3.8) is 0 Å². The first-order valence-electron chi connectivity index (χ1n) is 8.81. The molecule has 0 bridgehead atoms. The van der Waals surface area contributed by atoms with Gasteiger partial charge in [0.25, 0.3) is 0 Å². The second-order valence-corrected chi connectivity index (χ2v) is 7.31. The molecule has 1 aromatic heterocycles. The number of rotatable bonds is 3. The molecule has 4 nitrogen and oxygen atoms in total. The molecule has 0 unspecified atom stereocenters. The normalized spacial score (nSPS) is 15.2. The van der Waals surface area contributed by atoms with Crippen molar-refractivity contribution >= 4 is 32.4 Å². The summed E-state index contributed by atoms with van der Waals surface area (Å²) in [4.78, 5) is 4.35. The number of nitrogens with zero attached hydrogens (tertiary/aromatic N) is 4. The molecule has 3 aromatic rings. The Morgan fingerprint density at radius 3 is 2.58 bits per heavy atom. The highest BCUT2D eigenvalue weighted by Gasteiger charge is 2.22. The van der Waals surface area contributed by atoms with Gasteiger partial charge in [-0.15, -0.1) is 0 Å². The summed E-state index contributed by atoms with van der Waals surface area (Å²) in [5.41, 5.74) is 3.09. The molecule has 1 aliphatic heterocycles. The van der Waals surface area contributed by atoms with Crippen LogP contribution in [0, 0.1) is 11.3 Å². The summed E-state index contributed by atoms with van der Waals surface area (Å²) in [6.45, 7) is 2.83. The average molecular weight is 407 g/mol. The number of hydrazine groups is 1. The summed E-state index contributed by atoms with van der Waals surface area (Å²) in [7, 11) is 0. The molecule has 4 rings (SSSR count). The Kier molecular flexibility index (Phi) is 4.87. The maximum atomic E-state index is 9.42. The first-order chi connectivity index (χ1) is 12.8. The number of fused-ring (bicyclic) bond motifs is 1. The van der Waals surface area contributed by atoms with Crippen LogP contribution in [0.4, 0.5) is 5.69 Å². The third kappa shape index (κ3) is 3.31. The van der Waals surface area contributed by atoms with Crippen LogP contribution in [-0.4, -0.2) is 23.1 Å². The number of pyridine rings is 1. The number of benzene rings is 2. The van der Waals surface area contributed by atoms with Gasteiger partial charge in [-0.1, -0.05) is 30.3 Å². The lowest BCUT2D eigenvalue weighted by Crippen LogP contribution is -2.47. The Labute approximate surface area is 161 Å². The molecule has 1 saturated heterocycles. The number of aromatic nitrogens is 1. The molecule has 0 radical (unpaired) electrons. The Morgan fingerprint density at radius 1 is 1.00 bits per heavy atom. The van der Waals surface area contributed by atoms with Gasteiger partial charge in [-0.25, -0.2) is 9.99 Å². The molecule has 0 saturated carbocycles. The summed E-state index contributed by atoms with van der Waals surface area (Å²) in [6.07, 6.45) is 4.28. The zero-order valence-corrected chi connectivity index (χ0v) is 16.0. The van der Waals surface area contributed by atoms with Gasteiger partial charge >= 0.3 is 0 Å². The minimum absolute atomic E-state index is 0.727. The van der Waals surface area contributed by atoms with Gasteiger partial charge in [0.1, 0.15) is 4.60 Å². The van der Waals surface area contributed by atoms with Crippen LogP contribution in [0.2, 0.25) is 0 Å². The van der Waals surface area contributed by atoms with Gasteiger partial charge in [0, 0.05) is 36.6 Å². The predicted molar refractivity (Wildman–Crippen MR) is 108 cm³/mol. The average Bonchev–Trinajstić information content (AvgIpc) is 2.69. The molecule has 0 spiro atoms. The highest BCUT2D eigenvalue weighted by atomic mass is 79.9. The van der Waals surface area contributed by atoms with Crippen molar-refractivity contribution in [3.8, 4) is 6.07 Å². The van der Waals surface area contributed by atoms with Gasteiger partial charge in [0.15, 0.2) is 0 Å². The van der Waals surface area contributed by atoms with Gasteiger partial charge in [-0.05, 0) is 52.5 Å². The zero-order chi connectivity index (χ0) is 17.9. The van der Waals surface area contributed by atoms with Crippen molar-refractivity contribution in [2.45, 2.75) is 19.4 Å². The van der Waals surface area contributed by atoms with E-state index in [0.717, 1.165) is 40.6 Å². The fourth-order valence-electron chi connectivity index (χ4n) is 3.57. The van der Waals surface area contributed by atoms with E-state index in [2.05, 4.69) is 55.2 Å². The maximum Gasteiger partial charge on any atom is 0.106 e. The summed E-state index contributed by atoms with van der Waals surface area (Å²) in [5, 5.41) is 16.3. The summed E-state index contributed by atoms with van der Waals surface area (Å²) < 4.78 is 0.856. The number of hydrogen-bond donors (Lipinski definition) is 0. The predicted octanol–water partition coefficient (Wildman–Crippen LogP) is 4.89. The molecule has 5 heteroatoms. The number of anilines is 1. The molecule has 130 valence electrons. The smallest absolute Gasteiger partial charge is 0.106 e. The van der Waals surface area contributed by atoms with E-state index in [1.54, 1.807) is 0 Å². The fourth-order valence-corrected chi connectivity index (χ4v) is 3.81. The molecular weight excluding hydrogens is 388 g/mol. The second kappa shape index (κ2) is 7.45. The first kappa shape index (κ1) is 17.0. The van der Waals surface area contributed by atoms with Crippen LogP contribution in [-0.2, 0) is 6.54 Å². The monoisotopic (exact) mass is 406 g/mol. The molecule has 2 aromatic carbocycles. The molecule has 2 heterocycles. The molecular formula is C21H19BrN4. The van der Waals surface area contributed by atoms with E-state index in [1.807, 2.05) is 36.5 Å². The SMILES string of the molecule is N#Cc1ccc(N2CCCCN2Cc2ccc(Br)nc2)c2ccccc12. The van der Waals surface area contributed by atoms with E-state index in [1.165, 1.54) is 24.1 Å². The Morgan fingerprint density at radius 2 is 1.81 bits per heavy atom.